The van der Waals surface area contributed by atoms with Crippen LogP contribution < -0.4 is 10.1 Å². The fourth-order valence-electron chi connectivity index (χ4n) is 5.21. The molecule has 7 heteroatoms. The Kier molecular flexibility index (Phi) is 6.28. The molecule has 4 rings (SSSR count). The van der Waals surface area contributed by atoms with Gasteiger partial charge in [0.25, 0.3) is 0 Å². The molecular weight excluding hydrogens is 420 g/mol. The summed E-state index contributed by atoms with van der Waals surface area (Å²) >= 11 is 0. The maximum Gasteiger partial charge on any atom is 0.305 e. The Hall–Kier alpha value is -3.53. The number of esters is 1. The van der Waals surface area contributed by atoms with Crippen molar-refractivity contribution in [2.24, 2.45) is 11.8 Å². The summed E-state index contributed by atoms with van der Waals surface area (Å²) in [6, 6.07) is 12.5. The number of nitrogens with zero attached hydrogens (tertiary/aromatic N) is 1. The molecule has 1 saturated carbocycles. The van der Waals surface area contributed by atoms with Gasteiger partial charge in [0.1, 0.15) is 11.5 Å². The fourth-order valence-corrected chi connectivity index (χ4v) is 5.21. The molecule has 2 N–H and O–H groups in total. The summed E-state index contributed by atoms with van der Waals surface area (Å²) in [5, 5.41) is 22.2. The van der Waals surface area contributed by atoms with E-state index in [0.717, 1.165) is 17.5 Å². The highest BCUT2D eigenvalue weighted by molar-refractivity contribution is 5.97. The maximum absolute atomic E-state index is 13.4. The summed E-state index contributed by atoms with van der Waals surface area (Å²) in [5.41, 5.74) is 2.59. The Bertz CT molecular complexity index is 1120. The quantitative estimate of drug-likeness (QED) is 0.618. The lowest BCUT2D eigenvalue weighted by Crippen LogP contribution is -2.27. The molecule has 3 atom stereocenters. The lowest BCUT2D eigenvalue weighted by molar-refractivity contribution is -0.143. The summed E-state index contributed by atoms with van der Waals surface area (Å²) in [7, 11) is 0. The lowest BCUT2D eigenvalue weighted by Gasteiger charge is -2.27. The van der Waals surface area contributed by atoms with Crippen molar-refractivity contribution in [3.8, 4) is 17.6 Å². The van der Waals surface area contributed by atoms with Crippen LogP contribution in [-0.2, 0) is 26.2 Å². The lowest BCUT2D eigenvalue weighted by atomic mass is 9.86. The molecule has 0 radical (unpaired) electrons. The van der Waals surface area contributed by atoms with Gasteiger partial charge in [0.15, 0.2) is 0 Å². The first-order valence-corrected chi connectivity index (χ1v) is 11.4. The number of phenols is 1. The standard InChI is InChI=1S/C26H28N2O5/c1-3-32-23(30)6-4-5-18-8-7-17(15-27)13-21(18)28-25(31)24-16(2)26(24)11-12-33-22-14-19(29)9-10-20(22)26/h7-10,13-14,16,24,29H,3-6,11-12H2,1-2H3,(H,28,31)/t16?,24?,26-/m0/s1. The van der Waals surface area contributed by atoms with Crippen LogP contribution in [0.15, 0.2) is 36.4 Å². The second-order valence-corrected chi connectivity index (χ2v) is 8.72. The summed E-state index contributed by atoms with van der Waals surface area (Å²) in [4.78, 5) is 25.1. The molecule has 0 aromatic heterocycles. The molecule has 1 amide bonds. The SMILES string of the molecule is CCOC(=O)CCCc1ccc(C#N)cc1NC(=O)C1C(C)[C@]12CCOc1cc(O)ccc12. The van der Waals surface area contributed by atoms with Crippen LogP contribution in [-0.4, -0.2) is 30.2 Å². The van der Waals surface area contributed by atoms with Crippen molar-refractivity contribution in [1.29, 1.82) is 5.26 Å². The Balaban J connectivity index is 1.52. The molecule has 172 valence electrons. The largest absolute Gasteiger partial charge is 0.508 e. The number of ether oxygens (including phenoxy) is 2. The van der Waals surface area contributed by atoms with Gasteiger partial charge in [0, 0.05) is 29.2 Å². The minimum atomic E-state index is -0.317. The van der Waals surface area contributed by atoms with Crippen molar-refractivity contribution in [2.45, 2.75) is 44.9 Å². The number of anilines is 1. The van der Waals surface area contributed by atoms with E-state index in [4.69, 9.17) is 9.47 Å². The van der Waals surface area contributed by atoms with Gasteiger partial charge in [-0.15, -0.1) is 0 Å². The Morgan fingerprint density at radius 3 is 2.88 bits per heavy atom. The monoisotopic (exact) mass is 448 g/mol. The summed E-state index contributed by atoms with van der Waals surface area (Å²) in [6.07, 6.45) is 2.20. The highest BCUT2D eigenvalue weighted by Crippen LogP contribution is 2.65. The van der Waals surface area contributed by atoms with Crippen LogP contribution in [0.3, 0.4) is 0 Å². The van der Waals surface area contributed by atoms with E-state index in [1.165, 1.54) is 0 Å². The predicted molar refractivity (Wildman–Crippen MR) is 122 cm³/mol. The highest BCUT2D eigenvalue weighted by atomic mass is 16.5. The molecule has 2 aliphatic rings. The number of hydrogen-bond donors (Lipinski definition) is 2. The summed E-state index contributed by atoms with van der Waals surface area (Å²) in [5.74, 6) is 0.328. The van der Waals surface area contributed by atoms with Crippen LogP contribution >= 0.6 is 0 Å². The number of nitrogens with one attached hydrogen (secondary N) is 1. The Labute approximate surface area is 193 Å². The van der Waals surface area contributed by atoms with Gasteiger partial charge in [-0.3, -0.25) is 9.59 Å². The molecule has 2 unspecified atom stereocenters. The van der Waals surface area contributed by atoms with Gasteiger partial charge in [0.05, 0.1) is 30.8 Å². The molecule has 1 spiro atoms. The number of amides is 1. The minimum Gasteiger partial charge on any atom is -0.508 e. The third-order valence-electron chi connectivity index (χ3n) is 6.91. The second kappa shape index (κ2) is 9.14. The van der Waals surface area contributed by atoms with Gasteiger partial charge >= 0.3 is 5.97 Å². The van der Waals surface area contributed by atoms with E-state index in [9.17, 15) is 20.0 Å². The molecule has 0 saturated heterocycles. The van der Waals surface area contributed by atoms with E-state index in [1.54, 1.807) is 31.2 Å². The normalized spacial score (nSPS) is 22.6. The number of fused-ring (bicyclic) bond motifs is 2. The molecule has 1 aliphatic heterocycles. The van der Waals surface area contributed by atoms with E-state index >= 15 is 0 Å². The first kappa shape index (κ1) is 22.7. The average Bonchev–Trinajstić information content (AvgIpc) is 3.37. The topological polar surface area (TPSA) is 109 Å². The van der Waals surface area contributed by atoms with Gasteiger partial charge in [-0.25, -0.2) is 0 Å². The Morgan fingerprint density at radius 2 is 2.12 bits per heavy atom. The fraction of sp³-hybridized carbons (Fsp3) is 0.423. The van der Waals surface area contributed by atoms with Crippen molar-refractivity contribution < 1.29 is 24.2 Å². The minimum absolute atomic E-state index is 0.0924. The number of rotatable bonds is 7. The van der Waals surface area contributed by atoms with Crippen molar-refractivity contribution in [1.82, 2.24) is 0 Å². The molecule has 2 aromatic carbocycles. The number of benzene rings is 2. The predicted octanol–water partition coefficient (Wildman–Crippen LogP) is 4.07. The smallest absolute Gasteiger partial charge is 0.305 e. The number of carbonyl (C=O) groups excluding carboxylic acids is 2. The van der Waals surface area contributed by atoms with Crippen LogP contribution in [0.4, 0.5) is 5.69 Å². The molecular formula is C26H28N2O5. The van der Waals surface area contributed by atoms with E-state index in [2.05, 4.69) is 18.3 Å². The molecule has 7 nitrogen and oxygen atoms in total. The third-order valence-corrected chi connectivity index (χ3v) is 6.91. The zero-order valence-electron chi connectivity index (χ0n) is 18.9. The number of phenolic OH excluding ortho intramolecular Hbond substituents is 1. The van der Waals surface area contributed by atoms with Crippen molar-refractivity contribution in [3.63, 3.8) is 0 Å². The van der Waals surface area contributed by atoms with Crippen molar-refractivity contribution >= 4 is 17.6 Å². The van der Waals surface area contributed by atoms with E-state index < -0.39 is 0 Å². The molecule has 1 aliphatic carbocycles. The average molecular weight is 449 g/mol. The van der Waals surface area contributed by atoms with Gasteiger partial charge < -0.3 is 19.9 Å². The molecule has 1 fully saturated rings. The van der Waals surface area contributed by atoms with Crippen LogP contribution in [0.5, 0.6) is 11.5 Å². The van der Waals surface area contributed by atoms with Crippen molar-refractivity contribution in [2.75, 3.05) is 18.5 Å². The number of nitriles is 1. The van der Waals surface area contributed by atoms with Crippen LogP contribution in [0.2, 0.25) is 0 Å². The first-order chi connectivity index (χ1) is 15.9. The zero-order chi connectivity index (χ0) is 23.6. The van der Waals surface area contributed by atoms with Gasteiger partial charge in [-0.1, -0.05) is 19.1 Å². The molecule has 33 heavy (non-hydrogen) atoms. The zero-order valence-corrected chi connectivity index (χ0v) is 18.9. The van der Waals surface area contributed by atoms with Crippen LogP contribution in [0.25, 0.3) is 0 Å². The second-order valence-electron chi connectivity index (χ2n) is 8.72. The number of carbonyl (C=O) groups is 2. The molecule has 1 heterocycles. The number of aryl methyl sites for hydroxylation is 1. The van der Waals surface area contributed by atoms with Crippen LogP contribution in [0, 0.1) is 23.2 Å². The van der Waals surface area contributed by atoms with Crippen LogP contribution in [0.1, 0.15) is 49.8 Å². The van der Waals surface area contributed by atoms with Gasteiger partial charge in [0.2, 0.25) is 5.91 Å². The highest BCUT2D eigenvalue weighted by Gasteiger charge is 2.67. The van der Waals surface area contributed by atoms with Crippen molar-refractivity contribution in [3.05, 3.63) is 53.1 Å². The Morgan fingerprint density at radius 1 is 1.30 bits per heavy atom. The first-order valence-electron chi connectivity index (χ1n) is 11.4. The summed E-state index contributed by atoms with van der Waals surface area (Å²) in [6.45, 7) is 4.69. The molecule has 2 aromatic rings. The summed E-state index contributed by atoms with van der Waals surface area (Å²) < 4.78 is 10.7. The van der Waals surface area contributed by atoms with E-state index in [1.807, 2.05) is 12.1 Å². The number of aromatic hydroxyl groups is 1. The molecule has 0 bridgehead atoms. The van der Waals surface area contributed by atoms with Gasteiger partial charge in [-0.05, 0) is 55.9 Å². The number of hydrogen-bond acceptors (Lipinski definition) is 6. The van der Waals surface area contributed by atoms with E-state index in [0.29, 0.717) is 49.5 Å². The van der Waals surface area contributed by atoms with E-state index in [-0.39, 0.29) is 34.9 Å². The van der Waals surface area contributed by atoms with Gasteiger partial charge in [-0.2, -0.15) is 5.26 Å². The maximum atomic E-state index is 13.4. The third kappa shape index (κ3) is 4.25.